The number of carbonyl (C=O) groups excluding carboxylic acids is 1. The molecule has 1 aliphatic heterocycles. The first-order valence-electron chi connectivity index (χ1n) is 5.94. The highest BCUT2D eigenvalue weighted by Gasteiger charge is 2.91. The van der Waals surface area contributed by atoms with Gasteiger partial charge in [-0.05, 0) is 6.92 Å². The van der Waals surface area contributed by atoms with E-state index in [2.05, 4.69) is 16.1 Å². The Balaban J connectivity index is 3.79. The van der Waals surface area contributed by atoms with Crippen LogP contribution >= 0.6 is 0 Å². The van der Waals surface area contributed by atoms with Crippen LogP contribution in [0.5, 0.6) is 0 Å². The molecule has 0 saturated carbocycles. The Kier molecular flexibility index (Phi) is 4.69. The number of halogens is 10. The van der Waals surface area contributed by atoms with Crippen LogP contribution in [0.4, 0.5) is 43.9 Å². The summed E-state index contributed by atoms with van der Waals surface area (Å²) in [5.74, 6) is -20.4. The fourth-order valence-corrected chi connectivity index (χ4v) is 1.99. The highest BCUT2D eigenvalue weighted by Crippen LogP contribution is 2.61. The van der Waals surface area contributed by atoms with Crippen LogP contribution in [-0.4, -0.2) is 52.8 Å². The summed E-state index contributed by atoms with van der Waals surface area (Å²) in [6, 6.07) is 0. The average molecular weight is 394 g/mol. The summed E-state index contributed by atoms with van der Waals surface area (Å²) < 4.78 is 139. The third-order valence-electron chi connectivity index (χ3n) is 3.43. The normalized spacial score (nSPS) is 35.1. The summed E-state index contributed by atoms with van der Waals surface area (Å²) in [4.78, 5) is 11.0. The standard InChI is InChI=1S/C11H8F10O4/c1-3-4(22)24-6(2)7(12,13)5(8(14,15)16)25-10(23,9(6,17)18)11(19,20)21/h3,5,23H,1H2,2H3. The molecule has 3 atom stereocenters. The van der Waals surface area contributed by atoms with Gasteiger partial charge in [0.1, 0.15) is 0 Å². The second kappa shape index (κ2) is 5.46. The van der Waals surface area contributed by atoms with Gasteiger partial charge in [0.05, 0.1) is 0 Å². The molecule has 1 aliphatic rings. The molecule has 0 aromatic rings. The molecule has 0 aliphatic carbocycles. The van der Waals surface area contributed by atoms with Gasteiger partial charge in [-0.15, -0.1) is 0 Å². The van der Waals surface area contributed by atoms with E-state index in [-0.39, 0.29) is 6.08 Å². The SMILES string of the molecule is C=CC(=O)OC1(C)C(F)(F)C(C(F)(F)F)OC(O)(C(F)(F)F)C1(F)F. The third kappa shape index (κ3) is 2.74. The van der Waals surface area contributed by atoms with Gasteiger partial charge < -0.3 is 14.6 Å². The van der Waals surface area contributed by atoms with Crippen molar-refractivity contribution >= 4 is 5.97 Å². The van der Waals surface area contributed by atoms with E-state index in [1.54, 1.807) is 0 Å². The van der Waals surface area contributed by atoms with Gasteiger partial charge >= 0.3 is 36.0 Å². The summed E-state index contributed by atoms with van der Waals surface area (Å²) in [5.41, 5.74) is -5.09. The topological polar surface area (TPSA) is 55.8 Å². The Morgan fingerprint density at radius 1 is 1.16 bits per heavy atom. The molecule has 1 N–H and O–H groups in total. The molecule has 0 amide bonds. The molecule has 146 valence electrons. The van der Waals surface area contributed by atoms with Crippen LogP contribution in [-0.2, 0) is 14.3 Å². The summed E-state index contributed by atoms with van der Waals surface area (Å²) in [7, 11) is 0. The van der Waals surface area contributed by atoms with E-state index >= 15 is 0 Å². The second-order valence-corrected chi connectivity index (χ2v) is 5.04. The lowest BCUT2D eigenvalue weighted by Crippen LogP contribution is -2.83. The van der Waals surface area contributed by atoms with Crippen molar-refractivity contribution in [1.82, 2.24) is 0 Å². The van der Waals surface area contributed by atoms with Gasteiger partial charge in [0.2, 0.25) is 11.7 Å². The van der Waals surface area contributed by atoms with Crippen LogP contribution < -0.4 is 0 Å². The minimum atomic E-state index is -6.67. The predicted molar refractivity (Wildman–Crippen MR) is 56.5 cm³/mol. The Labute approximate surface area is 132 Å². The Morgan fingerprint density at radius 2 is 1.60 bits per heavy atom. The van der Waals surface area contributed by atoms with Crippen molar-refractivity contribution in [3.05, 3.63) is 12.7 Å². The summed E-state index contributed by atoms with van der Waals surface area (Å²) >= 11 is 0. The smallest absolute Gasteiger partial charge is 0.443 e. The summed E-state index contributed by atoms with van der Waals surface area (Å²) in [5, 5.41) is 9.08. The number of esters is 1. The number of aliphatic hydroxyl groups is 1. The molecule has 1 heterocycles. The lowest BCUT2D eigenvalue weighted by molar-refractivity contribution is -0.530. The van der Waals surface area contributed by atoms with Gasteiger partial charge in [-0.3, -0.25) is 0 Å². The van der Waals surface area contributed by atoms with Gasteiger partial charge in [0.25, 0.3) is 0 Å². The molecule has 14 heteroatoms. The monoisotopic (exact) mass is 394 g/mol. The molecule has 3 unspecified atom stereocenters. The summed E-state index contributed by atoms with van der Waals surface area (Å²) in [6.07, 6.45) is -17.9. The predicted octanol–water partition coefficient (Wildman–Crippen LogP) is 2.96. The van der Waals surface area contributed by atoms with Gasteiger partial charge in [-0.1, -0.05) is 6.58 Å². The number of rotatable bonds is 2. The quantitative estimate of drug-likeness (QED) is 0.445. The Bertz CT molecular complexity index is 568. The van der Waals surface area contributed by atoms with E-state index in [0.717, 1.165) is 0 Å². The van der Waals surface area contributed by atoms with Crippen LogP contribution in [0.3, 0.4) is 0 Å². The first-order valence-corrected chi connectivity index (χ1v) is 5.94. The number of alkyl halides is 10. The fraction of sp³-hybridized carbons (Fsp3) is 0.727. The molecule has 1 saturated heterocycles. The van der Waals surface area contributed by atoms with Crippen molar-refractivity contribution < 1.29 is 63.3 Å². The largest absolute Gasteiger partial charge is 0.449 e. The van der Waals surface area contributed by atoms with Crippen molar-refractivity contribution in [3.63, 3.8) is 0 Å². The number of carbonyl (C=O) groups is 1. The van der Waals surface area contributed by atoms with Crippen molar-refractivity contribution in [3.8, 4) is 0 Å². The van der Waals surface area contributed by atoms with Crippen molar-refractivity contribution in [2.45, 2.75) is 48.6 Å². The fourth-order valence-electron chi connectivity index (χ4n) is 1.99. The van der Waals surface area contributed by atoms with Gasteiger partial charge in [-0.2, -0.15) is 43.9 Å². The van der Waals surface area contributed by atoms with Gasteiger partial charge in [0.15, 0.2) is 0 Å². The second-order valence-electron chi connectivity index (χ2n) is 5.04. The minimum absolute atomic E-state index is 0.0535. The van der Waals surface area contributed by atoms with E-state index < -0.39 is 54.6 Å². The highest BCUT2D eigenvalue weighted by molar-refractivity contribution is 5.81. The van der Waals surface area contributed by atoms with Crippen LogP contribution in [0, 0.1) is 0 Å². The maximum absolute atomic E-state index is 14.1. The molecule has 0 bridgehead atoms. The van der Waals surface area contributed by atoms with Crippen LogP contribution in [0.25, 0.3) is 0 Å². The first kappa shape index (κ1) is 21.5. The van der Waals surface area contributed by atoms with Crippen LogP contribution in [0.15, 0.2) is 12.7 Å². The molecule has 25 heavy (non-hydrogen) atoms. The van der Waals surface area contributed by atoms with E-state index in [0.29, 0.717) is 0 Å². The average Bonchev–Trinajstić information content (AvgIpc) is 2.39. The number of hydrogen-bond donors (Lipinski definition) is 1. The molecule has 4 nitrogen and oxygen atoms in total. The molecule has 0 aromatic heterocycles. The molecular weight excluding hydrogens is 386 g/mol. The molecule has 0 radical (unpaired) electrons. The molecular formula is C11H8F10O4. The zero-order valence-electron chi connectivity index (χ0n) is 11.8. The van der Waals surface area contributed by atoms with Crippen molar-refractivity contribution in [1.29, 1.82) is 0 Å². The third-order valence-corrected chi connectivity index (χ3v) is 3.43. The maximum atomic E-state index is 14.1. The lowest BCUT2D eigenvalue weighted by Gasteiger charge is -2.54. The minimum Gasteiger partial charge on any atom is -0.443 e. The highest BCUT2D eigenvalue weighted by atomic mass is 19.4. The number of ether oxygens (including phenoxy) is 2. The number of hydrogen-bond acceptors (Lipinski definition) is 4. The first-order chi connectivity index (χ1) is 10.8. The molecule has 0 spiro atoms. The van der Waals surface area contributed by atoms with E-state index in [1.165, 1.54) is 0 Å². The zero-order valence-corrected chi connectivity index (χ0v) is 11.8. The van der Waals surface area contributed by atoms with Crippen molar-refractivity contribution in [2.24, 2.45) is 0 Å². The van der Waals surface area contributed by atoms with E-state index in [4.69, 9.17) is 5.11 Å². The van der Waals surface area contributed by atoms with Crippen molar-refractivity contribution in [2.75, 3.05) is 0 Å². The molecule has 1 rings (SSSR count). The van der Waals surface area contributed by atoms with Gasteiger partial charge in [-0.25, -0.2) is 4.79 Å². The van der Waals surface area contributed by atoms with Crippen LogP contribution in [0.1, 0.15) is 6.92 Å². The van der Waals surface area contributed by atoms with E-state index in [9.17, 15) is 48.7 Å². The molecule has 1 fully saturated rings. The van der Waals surface area contributed by atoms with Gasteiger partial charge in [0, 0.05) is 6.08 Å². The summed E-state index contributed by atoms with van der Waals surface area (Å²) in [6.45, 7) is 2.01. The zero-order chi connectivity index (χ0) is 20.3. The Morgan fingerprint density at radius 3 is 1.92 bits per heavy atom. The Hall–Kier alpha value is -1.57. The van der Waals surface area contributed by atoms with E-state index in [1.807, 2.05) is 0 Å². The lowest BCUT2D eigenvalue weighted by atomic mass is 9.78. The van der Waals surface area contributed by atoms with Crippen LogP contribution in [0.2, 0.25) is 0 Å². The molecule has 0 aromatic carbocycles. The maximum Gasteiger partial charge on any atom is 0.449 e.